The van der Waals surface area contributed by atoms with Crippen LogP contribution in [0.1, 0.15) is 37.8 Å². The summed E-state index contributed by atoms with van der Waals surface area (Å²) in [7, 11) is 0. The highest BCUT2D eigenvalue weighted by Crippen LogP contribution is 2.17. The molecule has 150 valence electrons. The normalized spacial score (nSPS) is 12.1. The fourth-order valence-corrected chi connectivity index (χ4v) is 2.41. The second-order valence-corrected chi connectivity index (χ2v) is 7.30. The third-order valence-corrected chi connectivity index (χ3v) is 3.75. The lowest BCUT2D eigenvalue weighted by Gasteiger charge is -2.22. The van der Waals surface area contributed by atoms with Gasteiger partial charge in [0.2, 0.25) is 5.91 Å². The average Bonchev–Trinajstić information content (AvgIpc) is 2.61. The van der Waals surface area contributed by atoms with Crippen molar-refractivity contribution in [3.05, 3.63) is 59.5 Å². The number of carbonyl (C=O) groups is 2. The molecule has 1 heterocycles. The number of nitrogens with one attached hydrogen (secondary N) is 2. The van der Waals surface area contributed by atoms with E-state index in [1.165, 1.54) is 24.3 Å². The summed E-state index contributed by atoms with van der Waals surface area (Å²) in [5.41, 5.74) is 6.25. The first-order valence-electron chi connectivity index (χ1n) is 8.84. The van der Waals surface area contributed by atoms with E-state index in [1.54, 1.807) is 39.1 Å². The van der Waals surface area contributed by atoms with Crippen molar-refractivity contribution in [3.8, 4) is 0 Å². The van der Waals surface area contributed by atoms with Gasteiger partial charge in [-0.15, -0.1) is 0 Å². The van der Waals surface area contributed by atoms with Gasteiger partial charge in [-0.2, -0.15) is 0 Å². The van der Waals surface area contributed by atoms with Gasteiger partial charge in [-0.1, -0.05) is 18.2 Å². The van der Waals surface area contributed by atoms with Crippen LogP contribution in [0.4, 0.5) is 15.0 Å². The number of benzene rings is 1. The van der Waals surface area contributed by atoms with Crippen LogP contribution in [0.25, 0.3) is 0 Å². The van der Waals surface area contributed by atoms with Crippen LogP contribution in [0, 0.1) is 5.82 Å². The molecule has 0 fully saturated rings. The number of hydrogen-bond acceptors (Lipinski definition) is 5. The summed E-state index contributed by atoms with van der Waals surface area (Å²) in [6.07, 6.45) is 0.941. The van der Waals surface area contributed by atoms with E-state index in [0.717, 1.165) is 5.56 Å². The molecule has 2 amide bonds. The van der Waals surface area contributed by atoms with Crippen LogP contribution >= 0.6 is 0 Å². The zero-order valence-electron chi connectivity index (χ0n) is 16.2. The second kappa shape index (κ2) is 9.16. The second-order valence-electron chi connectivity index (χ2n) is 7.30. The van der Waals surface area contributed by atoms with Gasteiger partial charge < -0.3 is 21.1 Å². The van der Waals surface area contributed by atoms with E-state index in [2.05, 4.69) is 15.6 Å². The number of halogens is 1. The molecule has 4 N–H and O–H groups in total. The van der Waals surface area contributed by atoms with E-state index in [1.807, 2.05) is 0 Å². The molecule has 0 bridgehead atoms. The first-order chi connectivity index (χ1) is 13.1. The van der Waals surface area contributed by atoms with Crippen molar-refractivity contribution < 1.29 is 18.7 Å². The first-order valence-corrected chi connectivity index (χ1v) is 8.84. The number of aromatic nitrogens is 1. The molecule has 1 atom stereocenters. The Balaban J connectivity index is 2.06. The van der Waals surface area contributed by atoms with Crippen molar-refractivity contribution >= 4 is 17.8 Å². The molecule has 1 aromatic heterocycles. The Hall–Kier alpha value is -3.16. The number of carbonyl (C=O) groups excluding carboxylic acids is 2. The van der Waals surface area contributed by atoms with Crippen LogP contribution in [0.3, 0.4) is 0 Å². The average molecular weight is 388 g/mol. The van der Waals surface area contributed by atoms with E-state index in [9.17, 15) is 14.0 Å². The smallest absolute Gasteiger partial charge is 0.407 e. The molecule has 2 aromatic rings. The summed E-state index contributed by atoms with van der Waals surface area (Å²) >= 11 is 0. The quantitative estimate of drug-likeness (QED) is 0.705. The molecule has 0 aliphatic heterocycles. The standard InChI is InChI=1S/C20H25FN4O3/c1-20(2,3)28-19(27)25-12-16(14-5-7-15(21)8-6-14)18(26)24-11-13-4-9-17(22)23-10-13/h4-10,16H,11-12H2,1-3H3,(H2,22,23)(H,24,26)(H,25,27)/t16-/m0/s1. The molecule has 0 unspecified atom stereocenters. The van der Waals surface area contributed by atoms with Gasteiger partial charge in [0.1, 0.15) is 17.2 Å². The number of ether oxygens (including phenoxy) is 1. The van der Waals surface area contributed by atoms with Gasteiger partial charge in [-0.05, 0) is 50.1 Å². The van der Waals surface area contributed by atoms with E-state index >= 15 is 0 Å². The topological polar surface area (TPSA) is 106 Å². The molecule has 0 aliphatic carbocycles. The first kappa shape index (κ1) is 21.1. The fourth-order valence-electron chi connectivity index (χ4n) is 2.41. The van der Waals surface area contributed by atoms with Crippen molar-refractivity contribution in [1.29, 1.82) is 0 Å². The summed E-state index contributed by atoms with van der Waals surface area (Å²) in [4.78, 5) is 28.6. The highest BCUT2D eigenvalue weighted by atomic mass is 19.1. The predicted molar refractivity (Wildman–Crippen MR) is 104 cm³/mol. The minimum atomic E-state index is -0.713. The number of nitrogens with zero attached hydrogens (tertiary/aromatic N) is 1. The Bertz CT molecular complexity index is 802. The number of pyridine rings is 1. The van der Waals surface area contributed by atoms with Crippen LogP contribution in [-0.2, 0) is 16.1 Å². The molecule has 1 aromatic carbocycles. The number of hydrogen-bond donors (Lipinski definition) is 3. The minimum Gasteiger partial charge on any atom is -0.444 e. The molecular weight excluding hydrogens is 363 g/mol. The number of nitrogens with two attached hydrogens (primary N) is 1. The van der Waals surface area contributed by atoms with Gasteiger partial charge >= 0.3 is 6.09 Å². The van der Waals surface area contributed by atoms with Crippen molar-refractivity contribution in [3.63, 3.8) is 0 Å². The van der Waals surface area contributed by atoms with E-state index < -0.39 is 23.4 Å². The Labute approximate surface area is 163 Å². The summed E-state index contributed by atoms with van der Waals surface area (Å²) in [5.74, 6) is -1.05. The van der Waals surface area contributed by atoms with Gasteiger partial charge in [-0.25, -0.2) is 14.2 Å². The zero-order chi connectivity index (χ0) is 20.7. The maximum absolute atomic E-state index is 13.2. The third-order valence-electron chi connectivity index (χ3n) is 3.75. The van der Waals surface area contributed by atoms with Crippen molar-refractivity contribution in [2.75, 3.05) is 12.3 Å². The lowest BCUT2D eigenvalue weighted by molar-refractivity contribution is -0.122. The third kappa shape index (κ3) is 6.86. The van der Waals surface area contributed by atoms with E-state index in [-0.39, 0.29) is 19.0 Å². The van der Waals surface area contributed by atoms with Crippen molar-refractivity contribution in [1.82, 2.24) is 15.6 Å². The number of anilines is 1. The molecule has 7 nitrogen and oxygen atoms in total. The van der Waals surface area contributed by atoms with Gasteiger partial charge in [0.05, 0.1) is 5.92 Å². The Morgan fingerprint density at radius 1 is 1.14 bits per heavy atom. The molecular formula is C20H25FN4O3. The minimum absolute atomic E-state index is 0.00632. The number of rotatable bonds is 6. The monoisotopic (exact) mass is 388 g/mol. The van der Waals surface area contributed by atoms with Gasteiger partial charge in [0, 0.05) is 19.3 Å². The maximum atomic E-state index is 13.2. The van der Waals surface area contributed by atoms with Crippen LogP contribution in [0.5, 0.6) is 0 Å². The summed E-state index contributed by atoms with van der Waals surface area (Å²) in [6.45, 7) is 5.49. The molecule has 0 saturated heterocycles. The largest absolute Gasteiger partial charge is 0.444 e. The van der Waals surface area contributed by atoms with Gasteiger partial charge in [0.25, 0.3) is 0 Å². The number of nitrogen functional groups attached to an aromatic ring is 1. The molecule has 8 heteroatoms. The summed E-state index contributed by atoms with van der Waals surface area (Å²) in [5, 5.41) is 5.39. The molecule has 0 saturated carbocycles. The Morgan fingerprint density at radius 2 is 1.82 bits per heavy atom. The molecule has 0 spiro atoms. The number of amides is 2. The van der Waals surface area contributed by atoms with Crippen LogP contribution in [0.2, 0.25) is 0 Å². The lowest BCUT2D eigenvalue weighted by Crippen LogP contribution is -2.39. The maximum Gasteiger partial charge on any atom is 0.407 e. The van der Waals surface area contributed by atoms with Crippen molar-refractivity contribution in [2.24, 2.45) is 0 Å². The Kier molecular flexibility index (Phi) is 6.92. The van der Waals surface area contributed by atoms with Crippen LogP contribution in [0.15, 0.2) is 42.6 Å². The highest BCUT2D eigenvalue weighted by molar-refractivity contribution is 5.84. The molecule has 2 rings (SSSR count). The summed E-state index contributed by atoms with van der Waals surface area (Å²) in [6, 6.07) is 8.97. The predicted octanol–water partition coefficient (Wildman–Crippen LogP) is 2.73. The SMILES string of the molecule is CC(C)(C)OC(=O)NC[C@H](C(=O)NCc1ccc(N)nc1)c1ccc(F)cc1. The highest BCUT2D eigenvalue weighted by Gasteiger charge is 2.23. The Morgan fingerprint density at radius 3 is 2.39 bits per heavy atom. The van der Waals surface area contributed by atoms with Crippen LogP contribution < -0.4 is 16.4 Å². The molecule has 28 heavy (non-hydrogen) atoms. The van der Waals surface area contributed by atoms with E-state index in [0.29, 0.717) is 11.4 Å². The van der Waals surface area contributed by atoms with Gasteiger partial charge in [0.15, 0.2) is 0 Å². The van der Waals surface area contributed by atoms with Crippen molar-refractivity contribution in [2.45, 2.75) is 38.8 Å². The van der Waals surface area contributed by atoms with Crippen LogP contribution in [-0.4, -0.2) is 29.1 Å². The zero-order valence-corrected chi connectivity index (χ0v) is 16.2. The van der Waals surface area contributed by atoms with Gasteiger partial charge in [-0.3, -0.25) is 4.79 Å². The molecule has 0 aliphatic rings. The number of alkyl carbamates (subject to hydrolysis) is 1. The molecule has 0 radical (unpaired) electrons. The van der Waals surface area contributed by atoms with E-state index in [4.69, 9.17) is 10.5 Å². The summed E-state index contributed by atoms with van der Waals surface area (Å²) < 4.78 is 18.4. The lowest BCUT2D eigenvalue weighted by atomic mass is 9.98. The fraction of sp³-hybridized carbons (Fsp3) is 0.350.